The quantitative estimate of drug-likeness (QED) is 0.476. The van der Waals surface area contributed by atoms with Crippen LogP contribution in [0.4, 0.5) is 5.69 Å². The van der Waals surface area contributed by atoms with Crippen LogP contribution in [0.2, 0.25) is 0 Å². The van der Waals surface area contributed by atoms with Gasteiger partial charge in [0.15, 0.2) is 0 Å². The lowest BCUT2D eigenvalue weighted by molar-refractivity contribution is -0.146. The molecule has 0 aliphatic carbocycles. The first-order chi connectivity index (χ1) is 11.1. The van der Waals surface area contributed by atoms with Gasteiger partial charge >= 0.3 is 5.63 Å². The second-order valence-electron chi connectivity index (χ2n) is 5.45. The van der Waals surface area contributed by atoms with Crippen molar-refractivity contribution in [2.45, 2.75) is 12.8 Å². The number of nitrogen functional groups attached to an aromatic ring is 1. The van der Waals surface area contributed by atoms with Crippen molar-refractivity contribution in [1.29, 1.82) is 0 Å². The molecule has 1 aliphatic heterocycles. The van der Waals surface area contributed by atoms with Crippen molar-refractivity contribution in [1.82, 2.24) is 10.2 Å². The normalized spacial score (nSPS) is 15.4. The van der Waals surface area contributed by atoms with Crippen LogP contribution < -0.4 is 16.7 Å². The van der Waals surface area contributed by atoms with E-state index < -0.39 is 5.63 Å². The second kappa shape index (κ2) is 6.21. The Labute approximate surface area is 132 Å². The number of hydrogen-bond donors (Lipinski definition) is 2. The highest BCUT2D eigenvalue weighted by Crippen LogP contribution is 2.24. The number of carbonyl (C=O) groups excluding carboxylic acids is 2. The zero-order valence-corrected chi connectivity index (χ0v) is 12.5. The van der Waals surface area contributed by atoms with Crippen LogP contribution in [-0.2, 0) is 16.0 Å². The highest BCUT2D eigenvalue weighted by Gasteiger charge is 2.24. The molecule has 7 heteroatoms. The summed E-state index contributed by atoms with van der Waals surface area (Å²) >= 11 is 0. The number of nitrogens with zero attached hydrogens (tertiary/aromatic N) is 1. The fraction of sp³-hybridized carbons (Fsp3) is 0.312. The molecule has 0 spiro atoms. The van der Waals surface area contributed by atoms with E-state index in [0.717, 1.165) is 10.9 Å². The highest BCUT2D eigenvalue weighted by atomic mass is 16.4. The van der Waals surface area contributed by atoms with Gasteiger partial charge in [0.25, 0.3) is 0 Å². The highest BCUT2D eigenvalue weighted by molar-refractivity contribution is 5.99. The van der Waals surface area contributed by atoms with Crippen LogP contribution in [-0.4, -0.2) is 36.3 Å². The number of piperazine rings is 1. The molecule has 0 atom stereocenters. The molecule has 2 amide bonds. The Hall–Kier alpha value is -2.67. The van der Waals surface area contributed by atoms with Crippen LogP contribution in [0.15, 0.2) is 33.5 Å². The first-order valence-electron chi connectivity index (χ1n) is 7.41. The van der Waals surface area contributed by atoms with E-state index >= 15 is 0 Å². The van der Waals surface area contributed by atoms with Crippen molar-refractivity contribution in [3.63, 3.8) is 0 Å². The van der Waals surface area contributed by atoms with Crippen molar-refractivity contribution in [2.75, 3.05) is 25.4 Å². The van der Waals surface area contributed by atoms with Gasteiger partial charge in [0.1, 0.15) is 5.58 Å². The lowest BCUT2D eigenvalue weighted by atomic mass is 10.0. The number of fused-ring (bicyclic) bond motifs is 1. The molecule has 2 heterocycles. The molecule has 7 nitrogen and oxygen atoms in total. The minimum atomic E-state index is -0.412. The van der Waals surface area contributed by atoms with Gasteiger partial charge in [0.2, 0.25) is 11.8 Å². The van der Waals surface area contributed by atoms with E-state index in [1.165, 1.54) is 11.0 Å². The predicted molar refractivity (Wildman–Crippen MR) is 84.8 cm³/mol. The third kappa shape index (κ3) is 3.09. The molecule has 1 aliphatic rings. The summed E-state index contributed by atoms with van der Waals surface area (Å²) in [5.41, 5.74) is 7.56. The maximum absolute atomic E-state index is 11.7. The van der Waals surface area contributed by atoms with E-state index in [9.17, 15) is 14.4 Å². The molecule has 0 bridgehead atoms. The van der Waals surface area contributed by atoms with Gasteiger partial charge in [0.05, 0.1) is 13.1 Å². The van der Waals surface area contributed by atoms with Crippen LogP contribution in [0.25, 0.3) is 11.0 Å². The van der Waals surface area contributed by atoms with E-state index in [4.69, 9.17) is 10.2 Å². The molecule has 1 aromatic carbocycles. The summed E-state index contributed by atoms with van der Waals surface area (Å²) in [5, 5.41) is 3.54. The molecular weight excluding hydrogens is 298 g/mol. The minimum Gasteiger partial charge on any atom is -0.423 e. The van der Waals surface area contributed by atoms with Crippen LogP contribution >= 0.6 is 0 Å². The van der Waals surface area contributed by atoms with Crippen molar-refractivity contribution in [3.05, 3.63) is 40.2 Å². The zero-order chi connectivity index (χ0) is 16.4. The number of nitrogens with two attached hydrogens (primary N) is 1. The monoisotopic (exact) mass is 315 g/mol. The smallest absolute Gasteiger partial charge is 0.336 e. The lowest BCUT2D eigenvalue weighted by Crippen LogP contribution is -2.52. The third-order valence-electron chi connectivity index (χ3n) is 3.91. The van der Waals surface area contributed by atoms with Gasteiger partial charge in [-0.25, -0.2) is 4.79 Å². The lowest BCUT2D eigenvalue weighted by Gasteiger charge is -2.25. The Bertz CT molecular complexity index is 812. The number of imide groups is 1. The molecule has 0 unspecified atom stereocenters. The van der Waals surface area contributed by atoms with Crippen LogP contribution in [0.5, 0.6) is 0 Å². The molecule has 0 saturated carbocycles. The summed E-state index contributed by atoms with van der Waals surface area (Å²) in [6.07, 6.45) is 1.18. The van der Waals surface area contributed by atoms with Crippen LogP contribution in [0.1, 0.15) is 12.0 Å². The van der Waals surface area contributed by atoms with Crippen LogP contribution in [0, 0.1) is 0 Å². The zero-order valence-electron chi connectivity index (χ0n) is 12.5. The number of nitrogens with one attached hydrogen (secondary N) is 1. The van der Waals surface area contributed by atoms with Crippen LogP contribution in [0.3, 0.4) is 0 Å². The summed E-state index contributed by atoms with van der Waals surface area (Å²) in [4.78, 5) is 36.0. The molecule has 2 aromatic rings. The Morgan fingerprint density at radius 1 is 1.09 bits per heavy atom. The molecule has 1 saturated heterocycles. The first-order valence-corrected chi connectivity index (χ1v) is 7.41. The average molecular weight is 315 g/mol. The number of carbonyl (C=O) groups is 2. The van der Waals surface area contributed by atoms with Crippen molar-refractivity contribution in [3.8, 4) is 0 Å². The molecule has 3 N–H and O–H groups in total. The topological polar surface area (TPSA) is 106 Å². The Balaban J connectivity index is 1.76. The minimum absolute atomic E-state index is 0.188. The summed E-state index contributed by atoms with van der Waals surface area (Å²) in [6, 6.07) is 6.41. The Morgan fingerprint density at radius 3 is 2.57 bits per heavy atom. The van der Waals surface area contributed by atoms with E-state index in [2.05, 4.69) is 5.32 Å². The fourth-order valence-electron chi connectivity index (χ4n) is 2.77. The van der Waals surface area contributed by atoms with Crippen molar-refractivity contribution >= 4 is 28.5 Å². The van der Waals surface area contributed by atoms with E-state index in [1.807, 2.05) is 0 Å². The van der Waals surface area contributed by atoms with Crippen molar-refractivity contribution in [2.24, 2.45) is 0 Å². The summed E-state index contributed by atoms with van der Waals surface area (Å²) in [7, 11) is 0. The van der Waals surface area contributed by atoms with Gasteiger partial charge in [-0.3, -0.25) is 19.8 Å². The van der Waals surface area contributed by atoms with E-state index in [0.29, 0.717) is 30.7 Å². The summed E-state index contributed by atoms with van der Waals surface area (Å²) in [6.45, 7) is 0.729. The van der Waals surface area contributed by atoms with E-state index in [-0.39, 0.29) is 24.9 Å². The maximum Gasteiger partial charge on any atom is 0.336 e. The molecule has 120 valence electrons. The molecule has 3 rings (SSSR count). The predicted octanol–water partition coefficient (Wildman–Crippen LogP) is 0.266. The van der Waals surface area contributed by atoms with Gasteiger partial charge in [-0.15, -0.1) is 0 Å². The van der Waals surface area contributed by atoms with E-state index in [1.54, 1.807) is 18.2 Å². The van der Waals surface area contributed by atoms with Crippen molar-refractivity contribution < 1.29 is 14.0 Å². The number of anilines is 1. The fourth-order valence-corrected chi connectivity index (χ4v) is 2.77. The Morgan fingerprint density at radius 2 is 1.83 bits per heavy atom. The SMILES string of the molecule is Nc1ccc2oc(=O)ccc2c1CCCN1C(=O)CNCC1=O. The summed E-state index contributed by atoms with van der Waals surface area (Å²) < 4.78 is 5.15. The molecule has 23 heavy (non-hydrogen) atoms. The van der Waals surface area contributed by atoms with Gasteiger partial charge in [0, 0.05) is 23.7 Å². The van der Waals surface area contributed by atoms with Gasteiger partial charge < -0.3 is 10.2 Å². The molecule has 0 radical (unpaired) electrons. The molecular formula is C16H17N3O4. The first kappa shape index (κ1) is 15.2. The number of aryl methyl sites for hydroxylation is 1. The standard InChI is InChI=1S/C16H17N3O4/c17-12-4-5-13-11(3-6-16(22)23-13)10(12)2-1-7-19-14(20)8-18-9-15(19)21/h3-6,18H,1-2,7-9,17H2. The number of hydrogen-bond acceptors (Lipinski definition) is 6. The maximum atomic E-state index is 11.7. The van der Waals surface area contributed by atoms with Gasteiger partial charge in [-0.2, -0.15) is 0 Å². The number of amides is 2. The average Bonchev–Trinajstić information content (AvgIpc) is 2.52. The number of benzene rings is 1. The van der Waals surface area contributed by atoms with Gasteiger partial charge in [-0.05, 0) is 36.6 Å². The summed E-state index contributed by atoms with van der Waals surface area (Å²) in [5.74, 6) is -0.420. The largest absolute Gasteiger partial charge is 0.423 e. The number of rotatable bonds is 4. The Kier molecular flexibility index (Phi) is 4.12. The third-order valence-corrected chi connectivity index (χ3v) is 3.91. The second-order valence-corrected chi connectivity index (χ2v) is 5.45. The molecule has 1 aromatic heterocycles. The molecule has 1 fully saturated rings. The van der Waals surface area contributed by atoms with Gasteiger partial charge in [-0.1, -0.05) is 0 Å².